The Kier molecular flexibility index (Phi) is 4.60. The number of azo groups is 1. The summed E-state index contributed by atoms with van der Waals surface area (Å²) < 4.78 is 33.0. The van der Waals surface area contributed by atoms with Crippen molar-refractivity contribution in [2.75, 3.05) is 5.73 Å². The zero-order valence-electron chi connectivity index (χ0n) is 13.1. The molecule has 126 valence electrons. The Bertz CT molecular complexity index is 1020. The summed E-state index contributed by atoms with van der Waals surface area (Å²) in [5, 5.41) is 7.96. The van der Waals surface area contributed by atoms with Crippen molar-refractivity contribution in [3.05, 3.63) is 72.8 Å². The number of hydrogen-bond donors (Lipinski definition) is 2. The Balaban J connectivity index is 2.04. The second kappa shape index (κ2) is 6.84. The van der Waals surface area contributed by atoms with Crippen LogP contribution in [0.15, 0.2) is 87.9 Å². The molecule has 0 fully saturated rings. The van der Waals surface area contributed by atoms with Gasteiger partial charge in [0.15, 0.2) is 0 Å². The summed E-state index contributed by atoms with van der Waals surface area (Å²) in [6.45, 7) is 0. The Morgan fingerprint density at radius 2 is 1.44 bits per heavy atom. The standard InChI is InChI=1S/C18H15N3O3S/c19-15-9-6-13(7-10-15)14-8-11-17(18(12-14)25(22,23)24)21-20-16-4-2-1-3-5-16/h1-12H,19H2,(H,22,23,24)/b21-20+. The highest BCUT2D eigenvalue weighted by atomic mass is 32.2. The van der Waals surface area contributed by atoms with E-state index in [2.05, 4.69) is 10.2 Å². The molecule has 0 aromatic heterocycles. The zero-order valence-corrected chi connectivity index (χ0v) is 13.9. The highest BCUT2D eigenvalue weighted by Gasteiger charge is 2.17. The second-order valence-electron chi connectivity index (χ2n) is 5.32. The molecule has 25 heavy (non-hydrogen) atoms. The molecule has 3 aromatic carbocycles. The molecule has 0 saturated carbocycles. The van der Waals surface area contributed by atoms with E-state index in [1.807, 2.05) is 6.07 Å². The number of anilines is 1. The number of nitrogens with zero attached hydrogens (tertiary/aromatic N) is 2. The highest BCUT2D eigenvalue weighted by Crippen LogP contribution is 2.31. The van der Waals surface area contributed by atoms with E-state index in [0.29, 0.717) is 16.9 Å². The molecule has 6 nitrogen and oxygen atoms in total. The van der Waals surface area contributed by atoms with E-state index in [9.17, 15) is 13.0 Å². The Labute approximate surface area is 145 Å². The average molecular weight is 353 g/mol. The minimum Gasteiger partial charge on any atom is -0.399 e. The normalized spacial score (nSPS) is 11.7. The molecule has 0 unspecified atom stereocenters. The van der Waals surface area contributed by atoms with Crippen LogP contribution in [0, 0.1) is 0 Å². The van der Waals surface area contributed by atoms with Crippen LogP contribution in [0.25, 0.3) is 11.1 Å². The van der Waals surface area contributed by atoms with Crippen molar-refractivity contribution < 1.29 is 13.0 Å². The Morgan fingerprint density at radius 1 is 0.800 bits per heavy atom. The molecule has 0 aliphatic carbocycles. The van der Waals surface area contributed by atoms with Crippen LogP contribution in [0.3, 0.4) is 0 Å². The predicted octanol–water partition coefficient (Wildman–Crippen LogP) is 4.60. The number of nitrogen functional groups attached to an aromatic ring is 1. The van der Waals surface area contributed by atoms with Gasteiger partial charge in [0.1, 0.15) is 10.6 Å². The Morgan fingerprint density at radius 3 is 2.08 bits per heavy atom. The van der Waals surface area contributed by atoms with Gasteiger partial charge in [-0.3, -0.25) is 4.55 Å². The van der Waals surface area contributed by atoms with E-state index in [4.69, 9.17) is 5.73 Å². The second-order valence-corrected chi connectivity index (χ2v) is 6.71. The van der Waals surface area contributed by atoms with E-state index < -0.39 is 10.1 Å². The van der Waals surface area contributed by atoms with Gasteiger partial charge in [0.2, 0.25) is 0 Å². The van der Waals surface area contributed by atoms with Gasteiger partial charge in [-0.25, -0.2) is 0 Å². The summed E-state index contributed by atoms with van der Waals surface area (Å²) in [7, 11) is -4.45. The molecule has 3 aromatic rings. The molecule has 3 rings (SSSR count). The lowest BCUT2D eigenvalue weighted by atomic mass is 10.1. The molecule has 0 saturated heterocycles. The van der Waals surface area contributed by atoms with Crippen molar-refractivity contribution in [1.29, 1.82) is 0 Å². The van der Waals surface area contributed by atoms with Gasteiger partial charge in [0, 0.05) is 5.69 Å². The van der Waals surface area contributed by atoms with Crippen LogP contribution in [0.2, 0.25) is 0 Å². The first-order chi connectivity index (χ1) is 11.9. The summed E-state index contributed by atoms with van der Waals surface area (Å²) in [5.41, 5.74) is 8.29. The van der Waals surface area contributed by atoms with E-state index in [1.54, 1.807) is 54.6 Å². The fourth-order valence-corrected chi connectivity index (χ4v) is 2.91. The van der Waals surface area contributed by atoms with Crippen LogP contribution in [0.1, 0.15) is 0 Å². The quantitative estimate of drug-likeness (QED) is 0.406. The van der Waals surface area contributed by atoms with E-state index in [1.165, 1.54) is 12.1 Å². The van der Waals surface area contributed by atoms with Crippen molar-refractivity contribution in [2.24, 2.45) is 10.2 Å². The third kappa shape index (κ3) is 4.09. The van der Waals surface area contributed by atoms with Gasteiger partial charge < -0.3 is 5.73 Å². The van der Waals surface area contributed by atoms with Gasteiger partial charge >= 0.3 is 0 Å². The molecule has 0 radical (unpaired) electrons. The van der Waals surface area contributed by atoms with Crippen LogP contribution in [0.5, 0.6) is 0 Å². The third-order valence-corrected chi connectivity index (χ3v) is 4.39. The van der Waals surface area contributed by atoms with Crippen LogP contribution in [-0.2, 0) is 10.1 Å². The molecule has 0 atom stereocenters. The lowest BCUT2D eigenvalue weighted by Gasteiger charge is -2.07. The van der Waals surface area contributed by atoms with Crippen LogP contribution in [0.4, 0.5) is 17.1 Å². The lowest BCUT2D eigenvalue weighted by Crippen LogP contribution is -1.99. The summed E-state index contributed by atoms with van der Waals surface area (Å²) in [6, 6.07) is 20.4. The smallest absolute Gasteiger partial charge is 0.296 e. The van der Waals surface area contributed by atoms with E-state index in [-0.39, 0.29) is 10.6 Å². The van der Waals surface area contributed by atoms with Gasteiger partial charge in [0.05, 0.1) is 5.69 Å². The van der Waals surface area contributed by atoms with Crippen LogP contribution >= 0.6 is 0 Å². The molecule has 3 N–H and O–H groups in total. The van der Waals surface area contributed by atoms with Crippen molar-refractivity contribution in [1.82, 2.24) is 0 Å². The molecule has 0 aliphatic heterocycles. The van der Waals surface area contributed by atoms with Crippen molar-refractivity contribution in [3.8, 4) is 11.1 Å². The highest BCUT2D eigenvalue weighted by molar-refractivity contribution is 7.86. The lowest BCUT2D eigenvalue weighted by molar-refractivity contribution is 0.483. The van der Waals surface area contributed by atoms with Crippen molar-refractivity contribution in [3.63, 3.8) is 0 Å². The maximum Gasteiger partial charge on any atom is 0.296 e. The molecule has 0 spiro atoms. The summed E-state index contributed by atoms with van der Waals surface area (Å²) in [5.74, 6) is 0. The summed E-state index contributed by atoms with van der Waals surface area (Å²) >= 11 is 0. The third-order valence-electron chi connectivity index (χ3n) is 3.51. The summed E-state index contributed by atoms with van der Waals surface area (Å²) in [6.07, 6.45) is 0. The maximum atomic E-state index is 11.7. The number of benzene rings is 3. The minimum atomic E-state index is -4.45. The van der Waals surface area contributed by atoms with Gasteiger partial charge in [-0.2, -0.15) is 13.5 Å². The number of rotatable bonds is 4. The van der Waals surface area contributed by atoms with Gasteiger partial charge in [-0.15, -0.1) is 5.11 Å². The molecular formula is C18H15N3O3S. The minimum absolute atomic E-state index is 0.0607. The number of hydrogen-bond acceptors (Lipinski definition) is 5. The van der Waals surface area contributed by atoms with Gasteiger partial charge in [-0.1, -0.05) is 36.4 Å². The van der Waals surface area contributed by atoms with Crippen LogP contribution < -0.4 is 5.73 Å². The molecule has 0 bridgehead atoms. The van der Waals surface area contributed by atoms with E-state index >= 15 is 0 Å². The largest absolute Gasteiger partial charge is 0.399 e. The number of nitrogens with two attached hydrogens (primary N) is 1. The maximum absolute atomic E-state index is 11.7. The van der Waals surface area contributed by atoms with Crippen LogP contribution in [-0.4, -0.2) is 13.0 Å². The fourth-order valence-electron chi connectivity index (χ4n) is 2.26. The molecule has 0 heterocycles. The first-order valence-electron chi connectivity index (χ1n) is 7.38. The summed E-state index contributed by atoms with van der Waals surface area (Å²) in [4.78, 5) is -0.304. The van der Waals surface area contributed by atoms with Gasteiger partial charge in [0.25, 0.3) is 10.1 Å². The first kappa shape index (κ1) is 16.8. The SMILES string of the molecule is Nc1ccc(-c2ccc(/N=N/c3ccccc3)c(S(=O)(=O)O)c2)cc1. The fraction of sp³-hybridized carbons (Fsp3) is 0. The first-order valence-corrected chi connectivity index (χ1v) is 8.82. The monoisotopic (exact) mass is 353 g/mol. The topological polar surface area (TPSA) is 105 Å². The van der Waals surface area contributed by atoms with Crippen molar-refractivity contribution >= 4 is 27.2 Å². The molecule has 7 heteroatoms. The average Bonchev–Trinajstić information content (AvgIpc) is 2.61. The molecule has 0 amide bonds. The van der Waals surface area contributed by atoms with Crippen molar-refractivity contribution in [2.45, 2.75) is 4.90 Å². The van der Waals surface area contributed by atoms with Gasteiger partial charge in [-0.05, 0) is 47.5 Å². The Hall–Kier alpha value is -3.03. The van der Waals surface area contributed by atoms with E-state index in [0.717, 1.165) is 5.56 Å². The molecule has 0 aliphatic rings. The predicted molar refractivity (Wildman–Crippen MR) is 96.7 cm³/mol. The molecular weight excluding hydrogens is 338 g/mol. The zero-order chi connectivity index (χ0) is 17.9.